The molecule has 3 heteroatoms. The zero-order chi connectivity index (χ0) is 12.9. The molecule has 0 amide bonds. The lowest BCUT2D eigenvalue weighted by Gasteiger charge is -2.34. The third-order valence-corrected chi connectivity index (χ3v) is 4.18. The highest BCUT2D eigenvalue weighted by atomic mass is 16.3. The molecule has 0 radical (unpaired) electrons. The van der Waals surface area contributed by atoms with Gasteiger partial charge >= 0.3 is 0 Å². The van der Waals surface area contributed by atoms with E-state index in [1.807, 2.05) is 0 Å². The van der Waals surface area contributed by atoms with Crippen molar-refractivity contribution in [3.05, 3.63) is 23.4 Å². The first-order valence-electron chi connectivity index (χ1n) is 6.64. The summed E-state index contributed by atoms with van der Waals surface area (Å²) in [5, 5.41) is 9.48. The zero-order valence-corrected chi connectivity index (χ0v) is 11.2. The van der Waals surface area contributed by atoms with Gasteiger partial charge < -0.3 is 10.1 Å². The summed E-state index contributed by atoms with van der Waals surface area (Å²) in [5.74, 6) is 0.917. The van der Waals surface area contributed by atoms with Gasteiger partial charge in [-0.15, -0.1) is 0 Å². The zero-order valence-electron chi connectivity index (χ0n) is 11.2. The van der Waals surface area contributed by atoms with Crippen molar-refractivity contribution in [2.45, 2.75) is 40.0 Å². The van der Waals surface area contributed by atoms with Crippen LogP contribution in [0.15, 0.2) is 12.1 Å². The summed E-state index contributed by atoms with van der Waals surface area (Å²) < 4.78 is 0. The average molecular weight is 244 g/mol. The number of pyridine rings is 1. The summed E-state index contributed by atoms with van der Waals surface area (Å²) in [6, 6.07) is 3.86. The normalized spacial score (nSPS) is 20.1. The van der Waals surface area contributed by atoms with E-state index in [-0.39, 0.29) is 5.88 Å². The van der Waals surface area contributed by atoms with E-state index in [4.69, 9.17) is 0 Å². The molecule has 3 rings (SSSR count). The second-order valence-electron chi connectivity index (χ2n) is 6.49. The van der Waals surface area contributed by atoms with Crippen molar-refractivity contribution in [1.29, 1.82) is 0 Å². The Bertz CT molecular complexity index is 592. The third-order valence-electron chi connectivity index (χ3n) is 4.18. The highest BCUT2D eigenvalue weighted by Crippen LogP contribution is 2.37. The van der Waals surface area contributed by atoms with Gasteiger partial charge in [0.1, 0.15) is 0 Å². The maximum absolute atomic E-state index is 9.48. The van der Waals surface area contributed by atoms with Gasteiger partial charge in [0, 0.05) is 11.8 Å². The molecule has 96 valence electrons. The van der Waals surface area contributed by atoms with Gasteiger partial charge in [0.05, 0.1) is 11.0 Å². The number of nitrogens with zero attached hydrogens (tertiary/aromatic N) is 1. The van der Waals surface area contributed by atoms with Gasteiger partial charge in [-0.3, -0.25) is 4.98 Å². The van der Waals surface area contributed by atoms with E-state index in [2.05, 4.69) is 36.8 Å². The van der Waals surface area contributed by atoms with E-state index < -0.39 is 0 Å². The number of hydrogen-bond donors (Lipinski definition) is 2. The number of aromatic nitrogens is 2. The first-order valence-corrected chi connectivity index (χ1v) is 6.64. The van der Waals surface area contributed by atoms with Crippen LogP contribution in [0.3, 0.4) is 0 Å². The summed E-state index contributed by atoms with van der Waals surface area (Å²) in [7, 11) is 0. The van der Waals surface area contributed by atoms with Gasteiger partial charge in [0.25, 0.3) is 0 Å². The largest absolute Gasteiger partial charge is 0.495 e. The molecule has 1 unspecified atom stereocenters. The number of aryl methyl sites for hydroxylation is 1. The Kier molecular flexibility index (Phi) is 2.40. The highest BCUT2D eigenvalue weighted by molar-refractivity contribution is 5.78. The molecule has 0 aromatic carbocycles. The highest BCUT2D eigenvalue weighted by Gasteiger charge is 2.29. The molecule has 0 saturated heterocycles. The first kappa shape index (κ1) is 11.6. The number of hydrogen-bond acceptors (Lipinski definition) is 2. The minimum Gasteiger partial charge on any atom is -0.495 e. The molecule has 0 saturated carbocycles. The van der Waals surface area contributed by atoms with Crippen LogP contribution < -0.4 is 0 Å². The fraction of sp³-hybridized carbons (Fsp3) is 0.533. The van der Waals surface area contributed by atoms with Crippen LogP contribution in [-0.2, 0) is 12.8 Å². The molecule has 0 bridgehead atoms. The van der Waals surface area contributed by atoms with Gasteiger partial charge in [-0.25, -0.2) is 0 Å². The van der Waals surface area contributed by atoms with Gasteiger partial charge in [0.2, 0.25) is 0 Å². The molecule has 2 heterocycles. The second kappa shape index (κ2) is 3.74. The lowest BCUT2D eigenvalue weighted by Crippen LogP contribution is -2.27. The molecule has 2 aromatic rings. The Morgan fingerprint density at radius 2 is 2.11 bits per heavy atom. The smallest absolute Gasteiger partial charge is 0.190 e. The summed E-state index contributed by atoms with van der Waals surface area (Å²) in [5.41, 5.74) is 4.73. The Morgan fingerprint density at radius 1 is 1.33 bits per heavy atom. The number of aromatic amines is 1. The van der Waals surface area contributed by atoms with Crippen molar-refractivity contribution >= 4 is 11.0 Å². The first-order chi connectivity index (χ1) is 8.43. The lowest BCUT2D eigenvalue weighted by atomic mass is 9.71. The van der Waals surface area contributed by atoms with Gasteiger partial charge in [0.15, 0.2) is 5.88 Å². The van der Waals surface area contributed by atoms with Crippen molar-refractivity contribution in [2.75, 3.05) is 0 Å². The molecule has 2 N–H and O–H groups in total. The van der Waals surface area contributed by atoms with E-state index in [0.29, 0.717) is 11.3 Å². The molecule has 0 aliphatic heterocycles. The lowest BCUT2D eigenvalue weighted by molar-refractivity contribution is 0.215. The van der Waals surface area contributed by atoms with Crippen LogP contribution in [0, 0.1) is 11.3 Å². The Hall–Kier alpha value is -1.51. The quantitative estimate of drug-likeness (QED) is 0.746. The molecule has 1 aliphatic carbocycles. The van der Waals surface area contributed by atoms with E-state index in [0.717, 1.165) is 23.9 Å². The molecular formula is C15H20N2O. The van der Waals surface area contributed by atoms with E-state index in [1.54, 1.807) is 6.07 Å². The van der Waals surface area contributed by atoms with Gasteiger partial charge in [-0.05, 0) is 42.2 Å². The van der Waals surface area contributed by atoms with Crippen molar-refractivity contribution in [2.24, 2.45) is 11.3 Å². The van der Waals surface area contributed by atoms with E-state index in [1.165, 1.54) is 17.7 Å². The summed E-state index contributed by atoms with van der Waals surface area (Å²) in [6.45, 7) is 6.94. The van der Waals surface area contributed by atoms with Crippen molar-refractivity contribution in [1.82, 2.24) is 9.97 Å². The maximum atomic E-state index is 9.48. The topological polar surface area (TPSA) is 48.9 Å². The number of H-pyrrole nitrogens is 1. The Morgan fingerprint density at radius 3 is 2.83 bits per heavy atom. The van der Waals surface area contributed by atoms with Crippen molar-refractivity contribution in [3.8, 4) is 5.88 Å². The van der Waals surface area contributed by atoms with Crippen LogP contribution >= 0.6 is 0 Å². The third kappa shape index (κ3) is 1.88. The predicted octanol–water partition coefficient (Wildman–Crippen LogP) is 3.42. The van der Waals surface area contributed by atoms with Gasteiger partial charge in [-0.1, -0.05) is 20.8 Å². The van der Waals surface area contributed by atoms with Crippen LogP contribution in [-0.4, -0.2) is 15.1 Å². The minimum atomic E-state index is 0.201. The standard InChI is InChI=1S/C15H20N2O/c1-15(2,3)10-4-5-11-9(6-10)7-12-13(16-11)8-14(18)17-12/h7-8,10,17-18H,4-6H2,1-3H3. The number of nitrogens with one attached hydrogen (secondary N) is 1. The molecule has 1 aliphatic rings. The Balaban J connectivity index is 2.02. The fourth-order valence-corrected chi connectivity index (χ4v) is 2.93. The van der Waals surface area contributed by atoms with Crippen LogP contribution in [0.4, 0.5) is 0 Å². The number of fused-ring (bicyclic) bond motifs is 2. The van der Waals surface area contributed by atoms with Crippen molar-refractivity contribution in [3.63, 3.8) is 0 Å². The molecule has 0 spiro atoms. The minimum absolute atomic E-state index is 0.201. The number of aromatic hydroxyl groups is 1. The van der Waals surface area contributed by atoms with Crippen LogP contribution in [0.25, 0.3) is 11.0 Å². The monoisotopic (exact) mass is 244 g/mol. The SMILES string of the molecule is CC(C)(C)C1CCc2nc3cc(O)[nH]c3cc2C1. The summed E-state index contributed by atoms with van der Waals surface area (Å²) in [6.07, 6.45) is 3.37. The van der Waals surface area contributed by atoms with Crippen LogP contribution in [0.2, 0.25) is 0 Å². The second-order valence-corrected chi connectivity index (χ2v) is 6.49. The average Bonchev–Trinajstić information content (AvgIpc) is 2.62. The Labute approximate surface area is 107 Å². The molecule has 2 aromatic heterocycles. The summed E-state index contributed by atoms with van der Waals surface area (Å²) in [4.78, 5) is 7.62. The van der Waals surface area contributed by atoms with Gasteiger partial charge in [-0.2, -0.15) is 0 Å². The molecule has 18 heavy (non-hydrogen) atoms. The molecule has 3 nitrogen and oxygen atoms in total. The van der Waals surface area contributed by atoms with E-state index >= 15 is 0 Å². The van der Waals surface area contributed by atoms with Crippen LogP contribution in [0.5, 0.6) is 5.88 Å². The molecular weight excluding hydrogens is 224 g/mol. The number of rotatable bonds is 0. The van der Waals surface area contributed by atoms with Crippen molar-refractivity contribution < 1.29 is 5.11 Å². The maximum Gasteiger partial charge on any atom is 0.190 e. The van der Waals surface area contributed by atoms with E-state index in [9.17, 15) is 5.11 Å². The van der Waals surface area contributed by atoms with Crippen LogP contribution in [0.1, 0.15) is 38.4 Å². The molecule has 0 fully saturated rings. The fourth-order valence-electron chi connectivity index (χ4n) is 2.93. The predicted molar refractivity (Wildman–Crippen MR) is 72.7 cm³/mol. The summed E-state index contributed by atoms with van der Waals surface area (Å²) >= 11 is 0. The molecule has 1 atom stereocenters.